The third-order valence-electron chi connectivity index (χ3n) is 5.35. The maximum Gasteiger partial charge on any atom is 0.408 e. The molecule has 1 rings (SSSR count). The minimum atomic E-state index is -0.998. The molecule has 0 saturated carbocycles. The predicted molar refractivity (Wildman–Crippen MR) is 138 cm³/mol. The summed E-state index contributed by atoms with van der Waals surface area (Å²) < 4.78 is 10.2. The van der Waals surface area contributed by atoms with Gasteiger partial charge in [0.1, 0.15) is 17.7 Å². The molecule has 36 heavy (non-hydrogen) atoms. The molecule has 2 atom stereocenters. The van der Waals surface area contributed by atoms with Crippen molar-refractivity contribution >= 4 is 23.9 Å². The van der Waals surface area contributed by atoms with E-state index in [9.17, 15) is 19.2 Å². The van der Waals surface area contributed by atoms with Crippen LogP contribution in [0.2, 0.25) is 0 Å². The molecule has 1 aromatic carbocycles. The second-order valence-electron chi connectivity index (χ2n) is 10.8. The van der Waals surface area contributed by atoms with Gasteiger partial charge in [0, 0.05) is 12.1 Å². The van der Waals surface area contributed by atoms with Crippen LogP contribution in [0.25, 0.3) is 0 Å². The standard InChI is InChI=1S/C27H43N3O6/c1-11-35-21(31)14-15-28-23(32)22(20-13-12-17(2)18(3)16-20)30(26(5,6)7)24(33)19(4)29-25(34)36-27(8,9)10/h12-13,16,19,22H,11,14-15H2,1-10H3,(H,28,32)(H,29,34). The molecule has 0 radical (unpaired) electrons. The largest absolute Gasteiger partial charge is 0.466 e. The van der Waals surface area contributed by atoms with Crippen LogP contribution in [0.3, 0.4) is 0 Å². The lowest BCUT2D eigenvalue weighted by molar-refractivity contribution is -0.148. The number of benzene rings is 1. The van der Waals surface area contributed by atoms with E-state index in [0.29, 0.717) is 5.56 Å². The summed E-state index contributed by atoms with van der Waals surface area (Å²) in [4.78, 5) is 52.8. The average molecular weight is 506 g/mol. The van der Waals surface area contributed by atoms with Gasteiger partial charge in [0.15, 0.2) is 0 Å². The highest BCUT2D eigenvalue weighted by Crippen LogP contribution is 2.31. The fourth-order valence-corrected chi connectivity index (χ4v) is 3.57. The highest BCUT2D eigenvalue weighted by Gasteiger charge is 2.40. The molecule has 0 fully saturated rings. The third kappa shape index (κ3) is 9.51. The molecule has 2 unspecified atom stereocenters. The Balaban J connectivity index is 3.36. The highest BCUT2D eigenvalue weighted by atomic mass is 16.6. The molecule has 2 N–H and O–H groups in total. The Kier molecular flexibility index (Phi) is 10.9. The van der Waals surface area contributed by atoms with E-state index in [2.05, 4.69) is 10.6 Å². The molecule has 9 nitrogen and oxygen atoms in total. The van der Waals surface area contributed by atoms with Crippen molar-refractivity contribution in [1.82, 2.24) is 15.5 Å². The van der Waals surface area contributed by atoms with Gasteiger partial charge in [0.2, 0.25) is 11.8 Å². The summed E-state index contributed by atoms with van der Waals surface area (Å²) >= 11 is 0. The van der Waals surface area contributed by atoms with Crippen LogP contribution in [0, 0.1) is 13.8 Å². The van der Waals surface area contributed by atoms with Gasteiger partial charge in [-0.3, -0.25) is 14.4 Å². The maximum absolute atomic E-state index is 13.7. The van der Waals surface area contributed by atoms with Gasteiger partial charge in [-0.05, 0) is 85.9 Å². The van der Waals surface area contributed by atoms with Crippen molar-refractivity contribution in [1.29, 1.82) is 0 Å². The minimum Gasteiger partial charge on any atom is -0.466 e. The van der Waals surface area contributed by atoms with Gasteiger partial charge in [0.05, 0.1) is 13.0 Å². The van der Waals surface area contributed by atoms with Crippen molar-refractivity contribution in [3.05, 3.63) is 34.9 Å². The van der Waals surface area contributed by atoms with Gasteiger partial charge >= 0.3 is 12.1 Å². The molecule has 0 heterocycles. The Labute approximate surface area is 215 Å². The molecule has 9 heteroatoms. The van der Waals surface area contributed by atoms with E-state index in [1.54, 1.807) is 34.6 Å². The summed E-state index contributed by atoms with van der Waals surface area (Å²) in [6.45, 7) is 18.2. The highest BCUT2D eigenvalue weighted by molar-refractivity contribution is 5.92. The number of hydrogen-bond donors (Lipinski definition) is 2. The number of amides is 3. The molecule has 0 spiro atoms. The van der Waals surface area contributed by atoms with E-state index in [-0.39, 0.29) is 19.6 Å². The molecule has 0 aromatic heterocycles. The molecule has 0 saturated heterocycles. The fraction of sp³-hybridized carbons (Fsp3) is 0.630. The number of nitrogens with one attached hydrogen (secondary N) is 2. The number of carbonyl (C=O) groups excluding carboxylic acids is 4. The maximum atomic E-state index is 13.7. The molecule has 0 aliphatic rings. The van der Waals surface area contributed by atoms with E-state index in [0.717, 1.165) is 11.1 Å². The van der Waals surface area contributed by atoms with E-state index in [1.165, 1.54) is 4.90 Å². The van der Waals surface area contributed by atoms with Gasteiger partial charge in [-0.1, -0.05) is 18.2 Å². The molecule has 0 aliphatic heterocycles. The molecular weight excluding hydrogens is 462 g/mol. The second-order valence-corrected chi connectivity index (χ2v) is 10.8. The van der Waals surface area contributed by atoms with Crippen molar-refractivity contribution in [2.75, 3.05) is 13.2 Å². The number of alkyl carbamates (subject to hydrolysis) is 1. The van der Waals surface area contributed by atoms with Crippen LogP contribution in [0.1, 0.15) is 84.5 Å². The number of ether oxygens (including phenoxy) is 2. The molecular formula is C27H43N3O6. The van der Waals surface area contributed by atoms with Gasteiger partial charge in [-0.25, -0.2) is 4.79 Å². The molecule has 3 amide bonds. The summed E-state index contributed by atoms with van der Waals surface area (Å²) in [5, 5.41) is 5.36. The summed E-state index contributed by atoms with van der Waals surface area (Å²) in [6.07, 6.45) is -0.710. The Morgan fingerprint density at radius 2 is 1.61 bits per heavy atom. The minimum absolute atomic E-state index is 0.0132. The average Bonchev–Trinajstić information content (AvgIpc) is 2.71. The summed E-state index contributed by atoms with van der Waals surface area (Å²) in [5.74, 6) is -1.30. The normalized spacial score (nSPS) is 13.3. The molecule has 0 bridgehead atoms. The van der Waals surface area contributed by atoms with E-state index < -0.39 is 47.1 Å². The first kappa shape index (κ1) is 30.9. The fourth-order valence-electron chi connectivity index (χ4n) is 3.57. The number of hydrogen-bond acceptors (Lipinski definition) is 6. The van der Waals surface area contributed by atoms with Gasteiger partial charge in [-0.15, -0.1) is 0 Å². The van der Waals surface area contributed by atoms with Crippen LogP contribution in [0.15, 0.2) is 18.2 Å². The Morgan fingerprint density at radius 1 is 1.00 bits per heavy atom. The van der Waals surface area contributed by atoms with E-state index in [4.69, 9.17) is 9.47 Å². The zero-order valence-electron chi connectivity index (χ0n) is 23.4. The van der Waals surface area contributed by atoms with Crippen LogP contribution in [0.5, 0.6) is 0 Å². The molecule has 1 aromatic rings. The first-order chi connectivity index (χ1) is 16.5. The van der Waals surface area contributed by atoms with Crippen LogP contribution in [-0.2, 0) is 23.9 Å². The lowest BCUT2D eigenvalue weighted by Crippen LogP contribution is -2.58. The molecule has 0 aliphatic carbocycles. The lowest BCUT2D eigenvalue weighted by Gasteiger charge is -2.42. The quantitative estimate of drug-likeness (QED) is 0.491. The van der Waals surface area contributed by atoms with Crippen molar-refractivity contribution < 1.29 is 28.7 Å². The number of aryl methyl sites for hydroxylation is 2. The number of esters is 1. The van der Waals surface area contributed by atoms with E-state index >= 15 is 0 Å². The van der Waals surface area contributed by atoms with Crippen LogP contribution in [-0.4, -0.2) is 59.1 Å². The van der Waals surface area contributed by atoms with Gasteiger partial charge in [0.25, 0.3) is 0 Å². The first-order valence-electron chi connectivity index (χ1n) is 12.3. The topological polar surface area (TPSA) is 114 Å². The third-order valence-corrected chi connectivity index (χ3v) is 5.35. The second kappa shape index (κ2) is 12.7. The number of rotatable bonds is 9. The van der Waals surface area contributed by atoms with Crippen LogP contribution in [0.4, 0.5) is 4.79 Å². The zero-order chi connectivity index (χ0) is 27.8. The monoisotopic (exact) mass is 505 g/mol. The number of carbonyl (C=O) groups is 4. The van der Waals surface area contributed by atoms with Crippen molar-refractivity contribution in [2.45, 2.75) is 98.9 Å². The van der Waals surface area contributed by atoms with E-state index in [1.807, 2.05) is 52.8 Å². The summed E-state index contributed by atoms with van der Waals surface area (Å²) in [6, 6.07) is 3.64. The Morgan fingerprint density at radius 3 is 2.11 bits per heavy atom. The van der Waals surface area contributed by atoms with Crippen LogP contribution >= 0.6 is 0 Å². The van der Waals surface area contributed by atoms with Crippen molar-refractivity contribution in [3.8, 4) is 0 Å². The van der Waals surface area contributed by atoms with Crippen LogP contribution < -0.4 is 10.6 Å². The Hall–Kier alpha value is -3.10. The summed E-state index contributed by atoms with van der Waals surface area (Å²) in [7, 11) is 0. The molecule has 202 valence electrons. The lowest BCUT2D eigenvalue weighted by atomic mass is 9.93. The predicted octanol–water partition coefficient (Wildman–Crippen LogP) is 3.95. The number of nitrogens with zero attached hydrogens (tertiary/aromatic N) is 1. The van der Waals surface area contributed by atoms with Gasteiger partial charge < -0.3 is 25.0 Å². The Bertz CT molecular complexity index is 946. The first-order valence-corrected chi connectivity index (χ1v) is 12.3. The van der Waals surface area contributed by atoms with Gasteiger partial charge in [-0.2, -0.15) is 0 Å². The SMILES string of the molecule is CCOC(=O)CCNC(=O)C(c1ccc(C)c(C)c1)N(C(=O)C(C)NC(=O)OC(C)(C)C)C(C)(C)C. The summed E-state index contributed by atoms with van der Waals surface area (Å²) in [5.41, 5.74) is 1.13. The van der Waals surface area contributed by atoms with Crippen molar-refractivity contribution in [2.24, 2.45) is 0 Å². The smallest absolute Gasteiger partial charge is 0.408 e. The van der Waals surface area contributed by atoms with Crippen molar-refractivity contribution in [3.63, 3.8) is 0 Å². The zero-order valence-corrected chi connectivity index (χ0v) is 23.4.